The Hall–Kier alpha value is -3.62. The number of benzene rings is 1. The zero-order valence-corrected chi connectivity index (χ0v) is 16.7. The summed E-state index contributed by atoms with van der Waals surface area (Å²) in [4.78, 5) is 50.7. The summed E-state index contributed by atoms with van der Waals surface area (Å²) in [6.45, 7) is 1.90. The lowest BCUT2D eigenvalue weighted by molar-refractivity contribution is -0.139. The smallest absolute Gasteiger partial charge is 0.355 e. The van der Waals surface area contributed by atoms with Gasteiger partial charge in [0.15, 0.2) is 0 Å². The van der Waals surface area contributed by atoms with E-state index in [0.717, 1.165) is 10.1 Å². The summed E-state index contributed by atoms with van der Waals surface area (Å²) >= 11 is 0. The minimum absolute atomic E-state index is 0.0635. The number of ether oxygens (including phenoxy) is 2. The van der Waals surface area contributed by atoms with Gasteiger partial charge in [0.05, 0.1) is 31.3 Å². The minimum atomic E-state index is -0.932. The predicted octanol–water partition coefficient (Wildman–Crippen LogP) is 0.550. The highest BCUT2D eigenvalue weighted by Crippen LogP contribution is 2.40. The van der Waals surface area contributed by atoms with Crippen molar-refractivity contribution in [1.82, 2.24) is 9.13 Å². The highest BCUT2D eigenvalue weighted by Gasteiger charge is 2.40. The minimum Gasteiger partial charge on any atom is -0.466 e. The highest BCUT2D eigenvalue weighted by atomic mass is 16.5. The van der Waals surface area contributed by atoms with Crippen molar-refractivity contribution in [3.63, 3.8) is 0 Å². The summed E-state index contributed by atoms with van der Waals surface area (Å²) in [5.41, 5.74) is 0.337. The lowest BCUT2D eigenvalue weighted by Gasteiger charge is -2.30. The van der Waals surface area contributed by atoms with E-state index in [1.807, 2.05) is 19.1 Å². The van der Waals surface area contributed by atoms with E-state index in [-0.39, 0.29) is 22.7 Å². The Kier molecular flexibility index (Phi) is 5.15. The standard InChI is InChI=1S/C20H21N3O6/c1-10-6-8-11(9-7-10)12-13(18(25)28-4)15(19(26)29-5)21-16-14(12)17(24)23(3)20(27)22(16)2/h6-9,12,21H,1-5H3. The maximum atomic E-state index is 13.1. The molecule has 1 aliphatic heterocycles. The van der Waals surface area contributed by atoms with Crippen LogP contribution in [0.5, 0.6) is 0 Å². The molecule has 1 aliphatic rings. The van der Waals surface area contributed by atoms with Gasteiger partial charge in [0, 0.05) is 14.1 Å². The molecule has 1 aromatic heterocycles. The molecule has 1 N–H and O–H groups in total. The Balaban J connectivity index is 2.47. The first-order chi connectivity index (χ1) is 13.7. The first-order valence-corrected chi connectivity index (χ1v) is 8.77. The van der Waals surface area contributed by atoms with E-state index in [2.05, 4.69) is 5.32 Å². The normalized spacial score (nSPS) is 15.4. The van der Waals surface area contributed by atoms with Gasteiger partial charge in [0.25, 0.3) is 5.56 Å². The van der Waals surface area contributed by atoms with Crippen LogP contribution in [0.3, 0.4) is 0 Å². The lowest BCUT2D eigenvalue weighted by atomic mass is 9.81. The second-order valence-corrected chi connectivity index (χ2v) is 6.71. The van der Waals surface area contributed by atoms with Crippen LogP contribution in [0.25, 0.3) is 0 Å². The van der Waals surface area contributed by atoms with Crippen LogP contribution >= 0.6 is 0 Å². The summed E-state index contributed by atoms with van der Waals surface area (Å²) in [7, 11) is 5.18. The average Bonchev–Trinajstić information content (AvgIpc) is 2.74. The van der Waals surface area contributed by atoms with E-state index in [1.165, 1.54) is 32.9 Å². The van der Waals surface area contributed by atoms with Crippen molar-refractivity contribution in [3.8, 4) is 0 Å². The van der Waals surface area contributed by atoms with Gasteiger partial charge in [0.1, 0.15) is 11.5 Å². The summed E-state index contributed by atoms with van der Waals surface area (Å²) in [6, 6.07) is 7.18. The second kappa shape index (κ2) is 7.42. The molecule has 3 rings (SSSR count). The molecule has 2 heterocycles. The highest BCUT2D eigenvalue weighted by molar-refractivity contribution is 6.05. The van der Waals surface area contributed by atoms with Gasteiger partial charge >= 0.3 is 17.6 Å². The topological polar surface area (TPSA) is 109 Å². The number of aryl methyl sites for hydroxylation is 1. The van der Waals surface area contributed by atoms with Crippen molar-refractivity contribution >= 4 is 17.8 Å². The molecule has 152 valence electrons. The third kappa shape index (κ3) is 3.14. The Morgan fingerprint density at radius 1 is 0.966 bits per heavy atom. The molecule has 0 aliphatic carbocycles. The molecule has 0 fully saturated rings. The molecule has 29 heavy (non-hydrogen) atoms. The second-order valence-electron chi connectivity index (χ2n) is 6.71. The van der Waals surface area contributed by atoms with Gasteiger partial charge in [-0.2, -0.15) is 0 Å². The van der Waals surface area contributed by atoms with Crippen LogP contribution in [-0.2, 0) is 33.2 Å². The fraction of sp³-hybridized carbons (Fsp3) is 0.300. The molecule has 0 bridgehead atoms. The molecule has 0 spiro atoms. The number of aromatic nitrogens is 2. The maximum absolute atomic E-state index is 13.1. The number of hydrogen-bond acceptors (Lipinski definition) is 7. The van der Waals surface area contributed by atoms with E-state index in [1.54, 1.807) is 12.1 Å². The Morgan fingerprint density at radius 2 is 1.55 bits per heavy atom. The monoisotopic (exact) mass is 399 g/mol. The van der Waals surface area contributed by atoms with Crippen LogP contribution in [0, 0.1) is 6.92 Å². The predicted molar refractivity (Wildman–Crippen MR) is 105 cm³/mol. The zero-order valence-electron chi connectivity index (χ0n) is 16.7. The van der Waals surface area contributed by atoms with E-state index in [4.69, 9.17) is 9.47 Å². The Labute approximate surface area is 166 Å². The average molecular weight is 399 g/mol. The van der Waals surface area contributed by atoms with Crippen LogP contribution in [0.15, 0.2) is 45.1 Å². The van der Waals surface area contributed by atoms with Crippen LogP contribution < -0.4 is 16.6 Å². The Morgan fingerprint density at radius 3 is 2.10 bits per heavy atom. The fourth-order valence-electron chi connectivity index (χ4n) is 3.44. The van der Waals surface area contributed by atoms with Crippen LogP contribution in [0.1, 0.15) is 22.6 Å². The van der Waals surface area contributed by atoms with Gasteiger partial charge in [-0.05, 0) is 12.5 Å². The van der Waals surface area contributed by atoms with Gasteiger partial charge in [-0.25, -0.2) is 14.4 Å². The number of anilines is 1. The SMILES string of the molecule is COC(=O)C1=C(C(=O)OC)C(c2ccc(C)cc2)c2c(n(C)c(=O)n(C)c2=O)N1. The summed E-state index contributed by atoms with van der Waals surface area (Å²) in [5, 5.41) is 2.76. The summed E-state index contributed by atoms with van der Waals surface area (Å²) in [5.74, 6) is -2.41. The van der Waals surface area contributed by atoms with Crippen LogP contribution in [0.2, 0.25) is 0 Å². The van der Waals surface area contributed by atoms with Crippen molar-refractivity contribution in [2.75, 3.05) is 19.5 Å². The third-order valence-electron chi connectivity index (χ3n) is 5.00. The molecule has 0 saturated heterocycles. The summed E-state index contributed by atoms with van der Waals surface area (Å²) in [6.07, 6.45) is 0. The number of carbonyl (C=O) groups excluding carboxylic acids is 2. The Bertz CT molecular complexity index is 1150. The third-order valence-corrected chi connectivity index (χ3v) is 5.00. The number of rotatable bonds is 3. The molecular formula is C20H21N3O6. The van der Waals surface area contributed by atoms with Crippen LogP contribution in [0.4, 0.5) is 5.82 Å². The van der Waals surface area contributed by atoms with Crippen LogP contribution in [-0.4, -0.2) is 35.3 Å². The lowest BCUT2D eigenvalue weighted by Crippen LogP contribution is -2.44. The van der Waals surface area contributed by atoms with Gasteiger partial charge < -0.3 is 14.8 Å². The number of fused-ring (bicyclic) bond motifs is 1. The zero-order chi connectivity index (χ0) is 21.5. The quantitative estimate of drug-likeness (QED) is 0.751. The van der Waals surface area contributed by atoms with E-state index >= 15 is 0 Å². The molecule has 0 radical (unpaired) electrons. The van der Waals surface area contributed by atoms with E-state index in [9.17, 15) is 19.2 Å². The molecule has 1 atom stereocenters. The first kappa shape index (κ1) is 20.1. The van der Waals surface area contributed by atoms with Crippen molar-refractivity contribution < 1.29 is 19.1 Å². The molecule has 9 heteroatoms. The fourth-order valence-corrected chi connectivity index (χ4v) is 3.44. The number of hydrogen-bond donors (Lipinski definition) is 1. The van der Waals surface area contributed by atoms with E-state index in [0.29, 0.717) is 5.56 Å². The van der Waals surface area contributed by atoms with Gasteiger partial charge in [-0.3, -0.25) is 13.9 Å². The molecule has 1 unspecified atom stereocenters. The molecule has 2 aromatic rings. The molecule has 0 amide bonds. The number of nitrogens with zero attached hydrogens (tertiary/aromatic N) is 2. The summed E-state index contributed by atoms with van der Waals surface area (Å²) < 4.78 is 11.9. The van der Waals surface area contributed by atoms with Gasteiger partial charge in [-0.15, -0.1) is 0 Å². The number of esters is 2. The first-order valence-electron chi connectivity index (χ1n) is 8.77. The number of methoxy groups -OCH3 is 2. The molecule has 1 aromatic carbocycles. The largest absolute Gasteiger partial charge is 0.466 e. The van der Waals surface area contributed by atoms with Crippen molar-refractivity contribution in [2.45, 2.75) is 12.8 Å². The molecule has 0 saturated carbocycles. The van der Waals surface area contributed by atoms with Crippen molar-refractivity contribution in [1.29, 1.82) is 0 Å². The number of nitrogens with one attached hydrogen (secondary N) is 1. The van der Waals surface area contributed by atoms with Gasteiger partial charge in [-0.1, -0.05) is 29.8 Å². The molecule has 9 nitrogen and oxygen atoms in total. The molecular weight excluding hydrogens is 378 g/mol. The number of carbonyl (C=O) groups is 2. The van der Waals surface area contributed by atoms with Gasteiger partial charge in [0.2, 0.25) is 0 Å². The van der Waals surface area contributed by atoms with E-state index < -0.39 is 29.1 Å². The van der Waals surface area contributed by atoms with Crippen molar-refractivity contribution in [2.24, 2.45) is 14.1 Å². The maximum Gasteiger partial charge on any atom is 0.355 e. The van der Waals surface area contributed by atoms with Crippen molar-refractivity contribution in [3.05, 3.63) is 73.1 Å².